The smallest absolute Gasteiger partial charge is 0.234 e. The number of nitrogens with zero attached hydrogens (tertiary/aromatic N) is 5. The number of rotatable bonds is 4. The molecule has 0 radical (unpaired) electrons. The van der Waals surface area contributed by atoms with Crippen molar-refractivity contribution in [2.75, 3.05) is 7.05 Å². The lowest BCUT2D eigenvalue weighted by atomic mass is 10.0. The summed E-state index contributed by atoms with van der Waals surface area (Å²) in [6.07, 6.45) is 8.45. The van der Waals surface area contributed by atoms with E-state index in [0.717, 1.165) is 46.3 Å². The first kappa shape index (κ1) is 29.5. The first-order valence-electron chi connectivity index (χ1n) is 17.7. The summed E-state index contributed by atoms with van der Waals surface area (Å²) in [6, 6.07) is 52.2. The summed E-state index contributed by atoms with van der Waals surface area (Å²) in [5.41, 5.74) is 10.4. The first-order chi connectivity index (χ1) is 25.2. The molecule has 6 aromatic carbocycles. The van der Waals surface area contributed by atoms with Crippen LogP contribution in [0.25, 0.3) is 60.4 Å². The van der Waals surface area contributed by atoms with E-state index in [1.165, 1.54) is 43.9 Å². The van der Waals surface area contributed by atoms with E-state index in [1.807, 2.05) is 0 Å². The molecule has 2 aromatic heterocycles. The van der Waals surface area contributed by atoms with Crippen LogP contribution in [0.3, 0.4) is 0 Å². The van der Waals surface area contributed by atoms with Crippen molar-refractivity contribution < 1.29 is 0 Å². The van der Waals surface area contributed by atoms with Crippen molar-refractivity contribution in [2.45, 2.75) is 19.0 Å². The Bertz CT molecular complexity index is 2710. The minimum Gasteiger partial charge on any atom is -0.333 e. The highest BCUT2D eigenvalue weighted by molar-refractivity contribution is 6.18. The number of hydrogen-bond acceptors (Lipinski definition) is 3. The molecule has 1 unspecified atom stereocenters. The highest BCUT2D eigenvalue weighted by Gasteiger charge is 2.30. The van der Waals surface area contributed by atoms with Crippen LogP contribution in [-0.4, -0.2) is 39.0 Å². The third kappa shape index (κ3) is 4.77. The third-order valence-electron chi connectivity index (χ3n) is 10.4. The van der Waals surface area contributed by atoms with E-state index in [2.05, 4.69) is 185 Å². The fraction of sp³-hybridized carbons (Fsp3) is 0.0870. The number of benzene rings is 6. The minimum atomic E-state index is -0.161. The fourth-order valence-corrected chi connectivity index (χ4v) is 8.02. The number of fused-ring (bicyclic) bond motifs is 6. The fourth-order valence-electron chi connectivity index (χ4n) is 8.02. The maximum Gasteiger partial charge on any atom is 0.234 e. The summed E-state index contributed by atoms with van der Waals surface area (Å²) in [7, 11) is 2.12. The largest absolute Gasteiger partial charge is 0.333 e. The van der Waals surface area contributed by atoms with Gasteiger partial charge in [0, 0.05) is 39.8 Å². The van der Waals surface area contributed by atoms with Crippen LogP contribution in [0.5, 0.6) is 0 Å². The molecule has 0 amide bonds. The lowest BCUT2D eigenvalue weighted by Crippen LogP contribution is -2.42. The molecular weight excluding hydrogens is 623 g/mol. The van der Waals surface area contributed by atoms with Gasteiger partial charge in [0.05, 0.1) is 22.1 Å². The summed E-state index contributed by atoms with van der Waals surface area (Å²) in [4.78, 5) is 13.0. The highest BCUT2D eigenvalue weighted by Crippen LogP contribution is 2.38. The van der Waals surface area contributed by atoms with E-state index in [1.54, 1.807) is 0 Å². The Kier molecular flexibility index (Phi) is 6.84. The average Bonchev–Trinajstić information content (AvgIpc) is 3.71. The van der Waals surface area contributed by atoms with Gasteiger partial charge in [-0.1, -0.05) is 121 Å². The highest BCUT2D eigenvalue weighted by atomic mass is 15.4. The lowest BCUT2D eigenvalue weighted by molar-refractivity contribution is 0.405. The SMILES string of the molecule is CN1C(c2ccccc2)=NC(n2c3ccc(-c4ccccc4)cc3c3cc(-n4c5ccccc5c5ccccc54)ccc32)=NC1C1=CC=CCC1. The molecule has 0 fully saturated rings. The molecule has 0 bridgehead atoms. The molecule has 1 atom stereocenters. The molecule has 5 nitrogen and oxygen atoms in total. The van der Waals surface area contributed by atoms with Crippen LogP contribution < -0.4 is 0 Å². The summed E-state index contributed by atoms with van der Waals surface area (Å²) < 4.78 is 4.67. The molecule has 244 valence electrons. The van der Waals surface area contributed by atoms with E-state index in [0.29, 0.717) is 5.96 Å². The Balaban J connectivity index is 1.25. The second kappa shape index (κ2) is 11.9. The molecule has 1 aliphatic carbocycles. The Morgan fingerprint density at radius 1 is 0.549 bits per heavy atom. The van der Waals surface area contributed by atoms with Gasteiger partial charge in [0.1, 0.15) is 12.0 Å². The average molecular weight is 658 g/mol. The van der Waals surface area contributed by atoms with Gasteiger partial charge in [0.15, 0.2) is 0 Å². The molecule has 2 aliphatic rings. The Morgan fingerprint density at radius 3 is 1.84 bits per heavy atom. The molecule has 0 N–H and O–H groups in total. The van der Waals surface area contributed by atoms with Crippen LogP contribution in [0, 0.1) is 0 Å². The molecule has 3 heterocycles. The molecule has 51 heavy (non-hydrogen) atoms. The number of para-hydroxylation sites is 2. The Labute approximate surface area is 296 Å². The van der Waals surface area contributed by atoms with Gasteiger partial charge in [0.25, 0.3) is 0 Å². The maximum atomic E-state index is 5.45. The second-order valence-corrected chi connectivity index (χ2v) is 13.4. The van der Waals surface area contributed by atoms with Crippen molar-refractivity contribution in [3.8, 4) is 16.8 Å². The normalized spacial score (nSPS) is 16.2. The van der Waals surface area contributed by atoms with E-state index in [4.69, 9.17) is 9.98 Å². The van der Waals surface area contributed by atoms with E-state index >= 15 is 0 Å². The number of amidine groups is 1. The molecule has 5 heteroatoms. The molecule has 0 saturated heterocycles. The summed E-state index contributed by atoms with van der Waals surface area (Å²) in [5.74, 6) is 1.61. The van der Waals surface area contributed by atoms with Gasteiger partial charge in [-0.25, -0.2) is 4.99 Å². The maximum absolute atomic E-state index is 5.45. The lowest BCUT2D eigenvalue weighted by Gasteiger charge is -2.34. The van der Waals surface area contributed by atoms with E-state index < -0.39 is 0 Å². The van der Waals surface area contributed by atoms with E-state index in [9.17, 15) is 0 Å². The Hall–Kier alpha value is -6.46. The van der Waals surface area contributed by atoms with Gasteiger partial charge in [-0.15, -0.1) is 0 Å². The van der Waals surface area contributed by atoms with Crippen molar-refractivity contribution in [1.29, 1.82) is 0 Å². The quantitative estimate of drug-likeness (QED) is 0.186. The van der Waals surface area contributed by atoms with Crippen LogP contribution in [0.15, 0.2) is 179 Å². The van der Waals surface area contributed by atoms with Crippen LogP contribution in [0.4, 0.5) is 0 Å². The number of aliphatic imine (C=N–C) groups is 2. The van der Waals surface area contributed by atoms with Gasteiger partial charge >= 0.3 is 0 Å². The number of hydrogen-bond donors (Lipinski definition) is 0. The summed E-state index contributed by atoms with van der Waals surface area (Å²) >= 11 is 0. The van der Waals surface area contributed by atoms with Gasteiger partial charge < -0.3 is 9.47 Å². The zero-order valence-electron chi connectivity index (χ0n) is 28.3. The van der Waals surface area contributed by atoms with Gasteiger partial charge in [-0.2, -0.15) is 4.99 Å². The van der Waals surface area contributed by atoms with Gasteiger partial charge in [-0.05, 0) is 72.0 Å². The zero-order chi connectivity index (χ0) is 33.9. The molecule has 0 spiro atoms. The second-order valence-electron chi connectivity index (χ2n) is 13.4. The van der Waals surface area contributed by atoms with Crippen molar-refractivity contribution in [3.05, 3.63) is 175 Å². The Morgan fingerprint density at radius 2 is 1.16 bits per heavy atom. The predicted molar refractivity (Wildman–Crippen MR) is 213 cm³/mol. The topological polar surface area (TPSA) is 37.8 Å². The minimum absolute atomic E-state index is 0.161. The van der Waals surface area contributed by atoms with Crippen LogP contribution in [0.2, 0.25) is 0 Å². The van der Waals surface area contributed by atoms with Crippen LogP contribution in [-0.2, 0) is 0 Å². The molecule has 8 aromatic rings. The summed E-state index contributed by atoms with van der Waals surface area (Å²) in [5, 5.41) is 4.84. The number of likely N-dealkylation sites (N-methyl/N-ethyl adjacent to an activating group) is 1. The predicted octanol–water partition coefficient (Wildman–Crippen LogP) is 10.8. The van der Waals surface area contributed by atoms with Gasteiger partial charge in [0.2, 0.25) is 5.96 Å². The molecule has 1 aliphatic heterocycles. The third-order valence-corrected chi connectivity index (χ3v) is 10.4. The van der Waals surface area contributed by atoms with Crippen molar-refractivity contribution >= 4 is 55.4 Å². The number of aromatic nitrogens is 2. The van der Waals surface area contributed by atoms with E-state index in [-0.39, 0.29) is 6.17 Å². The standard InChI is InChI=1S/C46H35N5/c1-49-44(32-17-7-3-8-18-32)47-46(48-45(49)33-19-9-4-10-20-33)51-42-27-25-34(31-15-5-2-6-16-31)29-38(42)39-30-35(26-28-43(39)51)50-40-23-13-11-21-36(40)37-22-12-14-24-41(37)50/h2-9,11-19,21-30,45H,10,20H2,1H3. The molecule has 10 rings (SSSR count). The zero-order valence-corrected chi connectivity index (χ0v) is 28.3. The van der Waals surface area contributed by atoms with Crippen molar-refractivity contribution in [3.63, 3.8) is 0 Å². The summed E-state index contributed by atoms with van der Waals surface area (Å²) in [6.45, 7) is 0. The monoisotopic (exact) mass is 657 g/mol. The van der Waals surface area contributed by atoms with Crippen LogP contribution >= 0.6 is 0 Å². The van der Waals surface area contributed by atoms with Gasteiger partial charge in [-0.3, -0.25) is 4.57 Å². The number of allylic oxidation sites excluding steroid dienone is 3. The molecular formula is C46H35N5. The van der Waals surface area contributed by atoms with Crippen molar-refractivity contribution in [2.24, 2.45) is 9.98 Å². The first-order valence-corrected chi connectivity index (χ1v) is 17.7. The van der Waals surface area contributed by atoms with Crippen LogP contribution in [0.1, 0.15) is 18.4 Å². The molecule has 0 saturated carbocycles. The van der Waals surface area contributed by atoms with Crippen molar-refractivity contribution in [1.82, 2.24) is 14.0 Å².